The van der Waals surface area contributed by atoms with E-state index in [2.05, 4.69) is 15.0 Å². The number of halogens is 2. The number of fused-ring (bicyclic) bond motifs is 2. The summed E-state index contributed by atoms with van der Waals surface area (Å²) >= 11 is 6.52. The van der Waals surface area contributed by atoms with E-state index in [1.165, 1.54) is 4.68 Å². The van der Waals surface area contributed by atoms with Crippen LogP contribution in [0.2, 0.25) is 5.02 Å². The second-order valence-corrected chi connectivity index (χ2v) is 9.69. The van der Waals surface area contributed by atoms with Crippen LogP contribution in [0.1, 0.15) is 29.7 Å². The Bertz CT molecular complexity index is 1630. The third-order valence-electron chi connectivity index (χ3n) is 6.86. The minimum atomic E-state index is -0.214. The van der Waals surface area contributed by atoms with E-state index in [0.29, 0.717) is 23.5 Å². The largest absolute Gasteiger partial charge is 0.353 e. The quantitative estimate of drug-likeness (QED) is 0.364. The molecule has 0 radical (unpaired) electrons. The molecule has 2 aromatic carbocycles. The molecule has 0 aliphatic carbocycles. The first kappa shape index (κ1) is 25.2. The molecular formula is C27H27Cl2N7O. The van der Waals surface area contributed by atoms with E-state index in [4.69, 9.17) is 22.4 Å². The fourth-order valence-corrected chi connectivity index (χ4v) is 5.27. The van der Waals surface area contributed by atoms with Crippen LogP contribution >= 0.6 is 24.0 Å². The number of piperidine rings is 1. The van der Waals surface area contributed by atoms with Crippen molar-refractivity contribution >= 4 is 46.1 Å². The summed E-state index contributed by atoms with van der Waals surface area (Å²) in [6.45, 7) is 1.80. The van der Waals surface area contributed by atoms with Crippen LogP contribution in [0, 0.1) is 0 Å². The number of aromatic nitrogens is 5. The number of benzene rings is 2. The second kappa shape index (κ2) is 10.5. The average molecular weight is 536 g/mol. The van der Waals surface area contributed by atoms with Crippen LogP contribution in [0.25, 0.3) is 16.3 Å². The van der Waals surface area contributed by atoms with Gasteiger partial charge in [0.2, 0.25) is 0 Å². The molecule has 1 fully saturated rings. The molecule has 1 saturated heterocycles. The summed E-state index contributed by atoms with van der Waals surface area (Å²) in [5.74, 6) is 0.769. The zero-order chi connectivity index (χ0) is 24.6. The zero-order valence-electron chi connectivity index (χ0n) is 20.1. The summed E-state index contributed by atoms with van der Waals surface area (Å²) in [6.07, 6.45) is 5.81. The Kier molecular flexibility index (Phi) is 7.15. The molecule has 5 aromatic rings. The van der Waals surface area contributed by atoms with Gasteiger partial charge in [-0.2, -0.15) is 5.10 Å². The Morgan fingerprint density at radius 2 is 1.89 bits per heavy atom. The summed E-state index contributed by atoms with van der Waals surface area (Å²) in [7, 11) is 0. The van der Waals surface area contributed by atoms with E-state index >= 15 is 0 Å². The van der Waals surface area contributed by atoms with E-state index in [9.17, 15) is 4.79 Å². The molecule has 0 amide bonds. The van der Waals surface area contributed by atoms with Gasteiger partial charge in [-0.15, -0.1) is 17.5 Å². The number of anilines is 1. The van der Waals surface area contributed by atoms with E-state index in [1.807, 2.05) is 54.6 Å². The Balaban J connectivity index is 0.00000280. The molecule has 6 rings (SSSR count). The molecule has 1 atom stereocenters. The molecule has 1 aliphatic heterocycles. The summed E-state index contributed by atoms with van der Waals surface area (Å²) < 4.78 is 3.06. The predicted octanol–water partition coefficient (Wildman–Crippen LogP) is 4.08. The summed E-state index contributed by atoms with van der Waals surface area (Å²) in [6, 6.07) is 17.8. The lowest BCUT2D eigenvalue weighted by atomic mass is 10.0. The van der Waals surface area contributed by atoms with Gasteiger partial charge in [-0.1, -0.05) is 54.1 Å². The van der Waals surface area contributed by atoms with Crippen molar-refractivity contribution in [2.75, 3.05) is 18.0 Å². The van der Waals surface area contributed by atoms with Crippen LogP contribution in [-0.4, -0.2) is 43.5 Å². The van der Waals surface area contributed by atoms with Gasteiger partial charge in [0.05, 0.1) is 12.2 Å². The lowest BCUT2D eigenvalue weighted by Crippen LogP contribution is -2.43. The first-order chi connectivity index (χ1) is 17.6. The molecule has 4 heterocycles. The first-order valence-electron chi connectivity index (χ1n) is 12.1. The van der Waals surface area contributed by atoms with Gasteiger partial charge in [0.1, 0.15) is 11.8 Å². The molecule has 3 aromatic heterocycles. The molecule has 8 nitrogen and oxygen atoms in total. The highest BCUT2D eigenvalue weighted by Crippen LogP contribution is 2.29. The van der Waals surface area contributed by atoms with Crippen LogP contribution < -0.4 is 16.2 Å². The first-order valence-corrected chi connectivity index (χ1v) is 12.5. The molecule has 10 heteroatoms. The van der Waals surface area contributed by atoms with Crippen molar-refractivity contribution < 1.29 is 0 Å². The van der Waals surface area contributed by atoms with Crippen LogP contribution in [0.5, 0.6) is 0 Å². The minimum Gasteiger partial charge on any atom is -0.353 e. The van der Waals surface area contributed by atoms with Crippen molar-refractivity contribution in [1.82, 2.24) is 24.4 Å². The maximum absolute atomic E-state index is 13.9. The van der Waals surface area contributed by atoms with E-state index < -0.39 is 0 Å². The Hall–Kier alpha value is -3.46. The van der Waals surface area contributed by atoms with Crippen LogP contribution in [0.15, 0.2) is 71.9 Å². The van der Waals surface area contributed by atoms with Gasteiger partial charge in [0, 0.05) is 47.7 Å². The zero-order valence-corrected chi connectivity index (χ0v) is 21.7. The highest BCUT2D eigenvalue weighted by Gasteiger charge is 2.26. The van der Waals surface area contributed by atoms with E-state index in [-0.39, 0.29) is 30.6 Å². The molecule has 0 saturated carbocycles. The summed E-state index contributed by atoms with van der Waals surface area (Å²) in [4.78, 5) is 20.6. The normalized spacial score (nSPS) is 15.7. The SMILES string of the molecule is Cl.N[C@@H]1CCCN(c2nn3cnn(Cc4nccc5ccccc45)c(=O)c3c2Cc2ccccc2Cl)C1. The van der Waals surface area contributed by atoms with E-state index in [1.54, 1.807) is 17.0 Å². The molecule has 190 valence electrons. The van der Waals surface area contributed by atoms with Gasteiger partial charge >= 0.3 is 0 Å². The van der Waals surface area contributed by atoms with Crippen molar-refractivity contribution in [3.8, 4) is 0 Å². The van der Waals surface area contributed by atoms with Gasteiger partial charge in [0.25, 0.3) is 5.56 Å². The minimum absolute atomic E-state index is 0. The van der Waals surface area contributed by atoms with Gasteiger partial charge in [-0.25, -0.2) is 9.20 Å². The number of nitrogens with zero attached hydrogens (tertiary/aromatic N) is 6. The molecular weight excluding hydrogens is 509 g/mol. The van der Waals surface area contributed by atoms with Crippen LogP contribution in [0.4, 0.5) is 5.82 Å². The number of hydrogen-bond donors (Lipinski definition) is 1. The van der Waals surface area contributed by atoms with Gasteiger partial charge in [-0.3, -0.25) is 9.78 Å². The fraction of sp³-hybridized carbons (Fsp3) is 0.259. The van der Waals surface area contributed by atoms with Gasteiger partial charge < -0.3 is 10.6 Å². The highest BCUT2D eigenvalue weighted by atomic mass is 35.5. The Morgan fingerprint density at radius 1 is 1.08 bits per heavy atom. The maximum Gasteiger partial charge on any atom is 0.293 e. The molecule has 1 aliphatic rings. The predicted molar refractivity (Wildman–Crippen MR) is 149 cm³/mol. The highest BCUT2D eigenvalue weighted by molar-refractivity contribution is 6.31. The van der Waals surface area contributed by atoms with Crippen molar-refractivity contribution in [2.45, 2.75) is 31.8 Å². The maximum atomic E-state index is 13.9. The average Bonchev–Trinajstić information content (AvgIpc) is 3.26. The number of nitrogens with two attached hydrogens (primary N) is 1. The van der Waals surface area contributed by atoms with Gasteiger partial charge in [-0.05, 0) is 35.9 Å². The molecule has 37 heavy (non-hydrogen) atoms. The van der Waals surface area contributed by atoms with Crippen molar-refractivity contribution in [3.05, 3.63) is 99.3 Å². The number of rotatable bonds is 5. The molecule has 0 bridgehead atoms. The second-order valence-electron chi connectivity index (χ2n) is 9.28. The lowest BCUT2D eigenvalue weighted by Gasteiger charge is -2.31. The third kappa shape index (κ3) is 4.80. The molecule has 0 spiro atoms. The molecule has 0 unspecified atom stereocenters. The monoisotopic (exact) mass is 535 g/mol. The van der Waals surface area contributed by atoms with Crippen LogP contribution in [0.3, 0.4) is 0 Å². The van der Waals surface area contributed by atoms with Crippen molar-refractivity contribution in [1.29, 1.82) is 0 Å². The Morgan fingerprint density at radius 3 is 2.73 bits per heavy atom. The smallest absolute Gasteiger partial charge is 0.293 e. The number of pyridine rings is 1. The Labute approximate surface area is 225 Å². The summed E-state index contributed by atoms with van der Waals surface area (Å²) in [5, 5.41) is 12.0. The van der Waals surface area contributed by atoms with Crippen LogP contribution in [-0.2, 0) is 13.0 Å². The topological polar surface area (TPSA) is 94.3 Å². The number of hydrogen-bond acceptors (Lipinski definition) is 6. The lowest BCUT2D eigenvalue weighted by molar-refractivity contribution is 0.501. The van der Waals surface area contributed by atoms with Crippen molar-refractivity contribution in [3.63, 3.8) is 0 Å². The standard InChI is InChI=1S/C27H26ClN7O.ClH/c28-23-10-4-2-7-19(23)14-22-25-27(36)34(16-24-21-9-3-1-6-18(21)11-12-30-24)31-17-35(25)32-26(22)33-13-5-8-20(29)15-33;/h1-4,6-7,9-12,17,20H,5,8,13-16,29H2;1H/t20-;/m1./s1. The molecule has 2 N–H and O–H groups in total. The summed E-state index contributed by atoms with van der Waals surface area (Å²) in [5.41, 5.74) is 9.14. The van der Waals surface area contributed by atoms with Gasteiger partial charge in [0.15, 0.2) is 5.82 Å². The fourth-order valence-electron chi connectivity index (χ4n) is 5.07. The third-order valence-corrected chi connectivity index (χ3v) is 7.23. The van der Waals surface area contributed by atoms with E-state index in [0.717, 1.165) is 52.8 Å². The van der Waals surface area contributed by atoms with Crippen molar-refractivity contribution in [2.24, 2.45) is 5.73 Å².